The third kappa shape index (κ3) is 14.9. The number of nitrogens with one attached hydrogen (secondary N) is 2. The maximum atomic E-state index is 12.9. The van der Waals surface area contributed by atoms with Gasteiger partial charge in [0.1, 0.15) is 45.1 Å². The minimum absolute atomic E-state index is 0.00677. The number of rotatable bonds is 4. The summed E-state index contributed by atoms with van der Waals surface area (Å²) in [5.74, 6) is 1.17. The molecule has 4 aliphatic rings. The maximum Gasteiger partial charge on any atom is 0.410 e. The van der Waals surface area contributed by atoms with E-state index in [9.17, 15) is 19.2 Å². The van der Waals surface area contributed by atoms with E-state index in [4.69, 9.17) is 37.0 Å². The summed E-state index contributed by atoms with van der Waals surface area (Å²) in [7, 11) is 5.42. The normalized spacial score (nSPS) is 20.9. The van der Waals surface area contributed by atoms with Crippen LogP contribution in [0.25, 0.3) is 16.6 Å². The van der Waals surface area contributed by atoms with Crippen LogP contribution in [0, 0.1) is 11.8 Å². The molecule has 0 aliphatic carbocycles. The standard InChI is InChI=1S/C21H27BrN4O4.C16H20Br2N4O3.C6H14O2.C5H7BO/c1-12-9-25(20(28)30-21(2,3)4)10-14(12)15-11-26-16(19(27)23-15)17(22)24-18(26)13-5-7-29-8-6-13;1-8-5-21(15(24)25-16(2,3)4)6-9(8)10-7-22-11(13(23)19-10)12(17)20-14(22)18;1-5(2,7)6(3,4)8;6-5-1-3-7-4-2-5/h5,11-12,14H,6-10H2,1-4H3,(H,23,27);7-9H,5-6H2,1-4H3,(H,19,23);7-8H,1-4H3;1H,2-4H2/t12-,14-;8-,9-;;/m11../s1. The number of aromatic amines is 2. The Kier molecular flexibility index (Phi) is 18.7. The molecule has 2 amide bonds. The van der Waals surface area contributed by atoms with E-state index in [1.54, 1.807) is 41.9 Å². The molecule has 22 heteroatoms. The van der Waals surface area contributed by atoms with Gasteiger partial charge in [-0.05, 0) is 147 Å². The summed E-state index contributed by atoms with van der Waals surface area (Å²) < 4.78 is 26.5. The monoisotopic (exact) mass is 1160 g/mol. The van der Waals surface area contributed by atoms with E-state index >= 15 is 0 Å². The van der Waals surface area contributed by atoms with Crippen molar-refractivity contribution < 1.29 is 38.7 Å². The smallest absolute Gasteiger partial charge is 0.410 e. The Balaban J connectivity index is 0.000000203. The summed E-state index contributed by atoms with van der Waals surface area (Å²) in [6, 6.07) is 0. The zero-order valence-corrected chi connectivity index (χ0v) is 47.0. The van der Waals surface area contributed by atoms with Crippen LogP contribution in [0.15, 0.2) is 53.5 Å². The number of halogens is 3. The summed E-state index contributed by atoms with van der Waals surface area (Å²) in [6.07, 6.45) is 8.73. The molecule has 0 bridgehead atoms. The fraction of sp³-hybridized carbons (Fsp3) is 0.625. The van der Waals surface area contributed by atoms with Crippen LogP contribution in [0.2, 0.25) is 0 Å². The highest BCUT2D eigenvalue weighted by Gasteiger charge is 2.38. The minimum Gasteiger partial charge on any atom is -0.444 e. The van der Waals surface area contributed by atoms with Crippen molar-refractivity contribution in [2.45, 2.75) is 130 Å². The van der Waals surface area contributed by atoms with E-state index in [0.29, 0.717) is 71.0 Å². The van der Waals surface area contributed by atoms with Crippen LogP contribution in [0.1, 0.15) is 125 Å². The average molecular weight is 1170 g/mol. The van der Waals surface area contributed by atoms with Gasteiger partial charge in [0.2, 0.25) is 0 Å². The van der Waals surface area contributed by atoms with Gasteiger partial charge in [0.25, 0.3) is 11.1 Å². The number of hydrogen-bond donors (Lipinski definition) is 4. The van der Waals surface area contributed by atoms with Crippen molar-refractivity contribution in [2.24, 2.45) is 11.8 Å². The summed E-state index contributed by atoms with van der Waals surface area (Å²) >= 11 is 10.1. The van der Waals surface area contributed by atoms with Crippen molar-refractivity contribution >= 4 is 84.4 Å². The number of ether oxygens (including phenoxy) is 4. The molecular weight excluding hydrogens is 1100 g/mol. The number of H-pyrrole nitrogens is 2. The predicted molar refractivity (Wildman–Crippen MR) is 279 cm³/mol. The third-order valence-corrected chi connectivity index (χ3v) is 13.9. The van der Waals surface area contributed by atoms with Crippen molar-refractivity contribution in [3.05, 3.63) is 81.9 Å². The van der Waals surface area contributed by atoms with Crippen molar-refractivity contribution in [1.82, 2.24) is 38.5 Å². The lowest BCUT2D eigenvalue weighted by Gasteiger charge is -2.31. The molecule has 4 N–H and O–H groups in total. The van der Waals surface area contributed by atoms with Crippen molar-refractivity contribution in [1.29, 1.82) is 0 Å². The van der Waals surface area contributed by atoms with E-state index in [-0.39, 0.29) is 47.0 Å². The SMILES string of the molecule is CC(C)(O)C(C)(C)O.C[C@@H]1CN(C(=O)OC(C)(C)C)C[C@H]1c1cn2c(Br)nc(Br)c2c(=O)[nH]1.C[C@@H]1CN(C(=O)OC(C)(C)C)C[C@H]1c1cn2c(C3=CCOCC3)nc(Br)c2c(=O)[nH]1.[B]C1=CCOCC1. The molecular formula is C48H68BBr3N8O10. The molecule has 2 radical (unpaired) electrons. The molecule has 0 aromatic carbocycles. The molecule has 2 saturated heterocycles. The van der Waals surface area contributed by atoms with Gasteiger partial charge in [0.15, 0.2) is 4.73 Å². The summed E-state index contributed by atoms with van der Waals surface area (Å²) in [5, 5.41) is 18.2. The van der Waals surface area contributed by atoms with Gasteiger partial charge in [-0.1, -0.05) is 26.0 Å². The van der Waals surface area contributed by atoms with Gasteiger partial charge in [0.05, 0.1) is 31.0 Å². The van der Waals surface area contributed by atoms with Crippen LogP contribution in [-0.2, 0) is 18.9 Å². The van der Waals surface area contributed by atoms with E-state index in [1.165, 1.54) is 0 Å². The molecule has 0 saturated carbocycles. The Morgan fingerprint density at radius 1 is 0.686 bits per heavy atom. The summed E-state index contributed by atoms with van der Waals surface area (Å²) in [4.78, 5) is 68.3. The van der Waals surface area contributed by atoms with Gasteiger partial charge in [-0.3, -0.25) is 18.4 Å². The maximum absolute atomic E-state index is 12.9. The van der Waals surface area contributed by atoms with Gasteiger partial charge in [0, 0.05) is 68.4 Å². The Morgan fingerprint density at radius 3 is 1.50 bits per heavy atom. The lowest BCUT2D eigenvalue weighted by Crippen LogP contribution is -2.44. The molecule has 0 spiro atoms. The fourth-order valence-corrected chi connectivity index (χ4v) is 9.50. The van der Waals surface area contributed by atoms with Crippen LogP contribution < -0.4 is 11.1 Å². The number of likely N-dealkylation sites (tertiary alicyclic amines) is 2. The van der Waals surface area contributed by atoms with E-state index < -0.39 is 22.4 Å². The molecule has 70 heavy (non-hydrogen) atoms. The number of nitrogens with zero attached hydrogens (tertiary/aromatic N) is 6. The Hall–Kier alpha value is -3.80. The van der Waals surface area contributed by atoms with E-state index in [2.05, 4.69) is 81.6 Å². The Bertz CT molecular complexity index is 2670. The first-order chi connectivity index (χ1) is 32.3. The number of aromatic nitrogens is 6. The number of amides is 2. The van der Waals surface area contributed by atoms with Gasteiger partial charge < -0.3 is 48.9 Å². The van der Waals surface area contributed by atoms with Gasteiger partial charge >= 0.3 is 12.2 Å². The first-order valence-electron chi connectivity index (χ1n) is 23.3. The third-order valence-electron chi connectivity index (χ3n) is 12.2. The zero-order chi connectivity index (χ0) is 52.3. The lowest BCUT2D eigenvalue weighted by atomic mass is 9.90. The largest absolute Gasteiger partial charge is 0.444 e. The second-order valence-electron chi connectivity index (χ2n) is 21.1. The highest BCUT2D eigenvalue weighted by molar-refractivity contribution is 9.11. The number of aliphatic hydroxyl groups is 2. The number of imidazole rings is 2. The molecule has 384 valence electrons. The average Bonchev–Trinajstić information content (AvgIpc) is 4.00. The van der Waals surface area contributed by atoms with Crippen LogP contribution in [-0.4, -0.2) is 144 Å². The molecule has 8 rings (SSSR count). The second-order valence-corrected chi connectivity index (χ2v) is 23.3. The second kappa shape index (κ2) is 23.0. The number of carbonyl (C=O) groups is 2. The molecule has 4 aliphatic heterocycles. The lowest BCUT2D eigenvalue weighted by molar-refractivity contribution is -0.107. The van der Waals surface area contributed by atoms with Gasteiger partial charge in [-0.15, -0.1) is 5.47 Å². The highest BCUT2D eigenvalue weighted by Crippen LogP contribution is 2.35. The highest BCUT2D eigenvalue weighted by atomic mass is 79.9. The van der Waals surface area contributed by atoms with Gasteiger partial charge in [-0.2, -0.15) is 0 Å². The predicted octanol–water partition coefficient (Wildman–Crippen LogP) is 8.06. The first-order valence-corrected chi connectivity index (χ1v) is 25.7. The van der Waals surface area contributed by atoms with Crippen LogP contribution in [0.4, 0.5) is 9.59 Å². The molecule has 2 fully saturated rings. The van der Waals surface area contributed by atoms with Crippen LogP contribution in [0.3, 0.4) is 0 Å². The number of carbonyl (C=O) groups excluding carboxylic acids is 2. The van der Waals surface area contributed by atoms with Crippen LogP contribution >= 0.6 is 47.8 Å². The summed E-state index contributed by atoms with van der Waals surface area (Å²) in [5.41, 5.74) is 1.03. The first kappa shape index (κ1) is 57.1. The molecule has 0 unspecified atom stereocenters. The Morgan fingerprint density at radius 2 is 1.11 bits per heavy atom. The molecule has 18 nitrogen and oxygen atoms in total. The molecule has 4 atom stereocenters. The van der Waals surface area contributed by atoms with Crippen molar-refractivity contribution in [2.75, 3.05) is 52.6 Å². The molecule has 4 aromatic rings. The van der Waals surface area contributed by atoms with Crippen molar-refractivity contribution in [3.8, 4) is 0 Å². The molecule has 4 aromatic heterocycles. The topological polar surface area (TPSA) is 218 Å². The quantitative estimate of drug-likeness (QED) is 0.143. The van der Waals surface area contributed by atoms with Crippen molar-refractivity contribution in [3.63, 3.8) is 0 Å². The van der Waals surface area contributed by atoms with E-state index in [1.807, 2.05) is 70.5 Å². The van der Waals surface area contributed by atoms with E-state index in [0.717, 1.165) is 47.7 Å². The minimum atomic E-state index is -1.01. The Labute approximate surface area is 435 Å². The van der Waals surface area contributed by atoms with Gasteiger partial charge in [-0.25, -0.2) is 19.6 Å². The molecule has 8 heterocycles. The number of hydrogen-bond acceptors (Lipinski definition) is 12. The fourth-order valence-electron chi connectivity index (χ4n) is 7.73. The van der Waals surface area contributed by atoms with Crippen LogP contribution in [0.5, 0.6) is 0 Å². The number of fused-ring (bicyclic) bond motifs is 2. The zero-order valence-electron chi connectivity index (χ0n) is 42.2. The summed E-state index contributed by atoms with van der Waals surface area (Å²) in [6.45, 7) is 26.4.